The van der Waals surface area contributed by atoms with E-state index in [1.807, 2.05) is 37.5 Å². The molecule has 0 aliphatic heterocycles. The van der Waals surface area contributed by atoms with Gasteiger partial charge in [0.05, 0.1) is 5.52 Å². The molecule has 0 amide bonds. The number of para-hydroxylation sites is 1. The molecule has 3 rings (SSSR count). The number of hydrogen-bond donors (Lipinski definition) is 1. The third-order valence-corrected chi connectivity index (χ3v) is 3.34. The van der Waals surface area contributed by atoms with Crippen molar-refractivity contribution in [2.75, 3.05) is 12.4 Å². The molecular formula is C18H16N2. The topological polar surface area (TPSA) is 24.9 Å². The number of nitrogens with zero attached hydrogens (tertiary/aromatic N) is 1. The molecule has 0 saturated carbocycles. The van der Waals surface area contributed by atoms with Gasteiger partial charge < -0.3 is 5.32 Å². The lowest BCUT2D eigenvalue weighted by molar-refractivity contribution is 1.41. The maximum Gasteiger partial charge on any atom is 0.0707 e. The average molecular weight is 260 g/mol. The maximum absolute atomic E-state index is 4.38. The van der Waals surface area contributed by atoms with Crippen LogP contribution in [-0.2, 0) is 0 Å². The Morgan fingerprint density at radius 1 is 0.900 bits per heavy atom. The zero-order valence-electron chi connectivity index (χ0n) is 11.4. The summed E-state index contributed by atoms with van der Waals surface area (Å²) in [5, 5.41) is 4.30. The molecule has 1 heterocycles. The lowest BCUT2D eigenvalue weighted by Crippen LogP contribution is -1.86. The molecule has 2 nitrogen and oxygen atoms in total. The fraction of sp³-hybridized carbons (Fsp3) is 0.0556. The Labute approximate surface area is 118 Å². The number of anilines is 1. The van der Waals surface area contributed by atoms with Crippen molar-refractivity contribution in [1.29, 1.82) is 0 Å². The molecule has 0 spiro atoms. The Hall–Kier alpha value is -2.61. The van der Waals surface area contributed by atoms with E-state index in [-0.39, 0.29) is 0 Å². The predicted octanol–water partition coefficient (Wildman–Crippen LogP) is 4.45. The molecule has 2 aromatic carbocycles. The van der Waals surface area contributed by atoms with Crippen LogP contribution in [0.15, 0.2) is 60.8 Å². The van der Waals surface area contributed by atoms with Crippen molar-refractivity contribution in [2.45, 2.75) is 0 Å². The van der Waals surface area contributed by atoms with E-state index >= 15 is 0 Å². The van der Waals surface area contributed by atoms with E-state index in [1.54, 1.807) is 0 Å². The van der Waals surface area contributed by atoms with Gasteiger partial charge >= 0.3 is 0 Å². The van der Waals surface area contributed by atoms with Crippen molar-refractivity contribution in [2.24, 2.45) is 0 Å². The number of fused-ring (bicyclic) bond motifs is 1. The first-order chi connectivity index (χ1) is 9.86. The van der Waals surface area contributed by atoms with E-state index < -0.39 is 0 Å². The zero-order valence-corrected chi connectivity index (χ0v) is 11.4. The number of benzene rings is 2. The lowest BCUT2D eigenvalue weighted by Gasteiger charge is -2.02. The summed E-state index contributed by atoms with van der Waals surface area (Å²) >= 11 is 0. The first-order valence-corrected chi connectivity index (χ1v) is 6.66. The molecule has 0 bridgehead atoms. The van der Waals surface area contributed by atoms with Crippen LogP contribution in [0.4, 0.5) is 5.69 Å². The minimum atomic E-state index is 1.03. The van der Waals surface area contributed by atoms with Crippen LogP contribution in [0.1, 0.15) is 11.1 Å². The van der Waals surface area contributed by atoms with Gasteiger partial charge in [-0.25, -0.2) is 0 Å². The summed E-state index contributed by atoms with van der Waals surface area (Å²) in [6, 6.07) is 18.6. The highest BCUT2D eigenvalue weighted by Gasteiger charge is 1.97. The first kappa shape index (κ1) is 12.4. The van der Waals surface area contributed by atoms with Gasteiger partial charge in [0, 0.05) is 24.3 Å². The second-order valence-electron chi connectivity index (χ2n) is 4.62. The normalized spacial score (nSPS) is 11.1. The molecule has 1 aromatic heterocycles. The Bertz CT molecular complexity index is 737. The third kappa shape index (κ3) is 2.54. The van der Waals surface area contributed by atoms with Crippen LogP contribution in [0.3, 0.4) is 0 Å². The standard InChI is InChI=1S/C18H16N2/c1-19-16-10-7-14(8-11-16)6-9-15-12-13-20-18-5-3-2-4-17(15)18/h2-13,19H,1H3/b9-6+. The minimum Gasteiger partial charge on any atom is -0.388 e. The van der Waals surface area contributed by atoms with Crippen molar-refractivity contribution in [3.8, 4) is 0 Å². The highest BCUT2D eigenvalue weighted by atomic mass is 14.8. The molecule has 0 fully saturated rings. The van der Waals surface area contributed by atoms with Crippen LogP contribution in [-0.4, -0.2) is 12.0 Å². The molecule has 20 heavy (non-hydrogen) atoms. The molecule has 0 aliphatic carbocycles. The van der Waals surface area contributed by atoms with Crippen molar-refractivity contribution in [3.05, 3.63) is 71.9 Å². The van der Waals surface area contributed by atoms with Crippen LogP contribution in [0.25, 0.3) is 23.1 Å². The number of pyridine rings is 1. The molecule has 2 heteroatoms. The van der Waals surface area contributed by atoms with Gasteiger partial charge in [0.25, 0.3) is 0 Å². The summed E-state index contributed by atoms with van der Waals surface area (Å²) in [4.78, 5) is 4.38. The Morgan fingerprint density at radius 2 is 1.70 bits per heavy atom. The smallest absolute Gasteiger partial charge is 0.0707 e. The average Bonchev–Trinajstić information content (AvgIpc) is 2.53. The van der Waals surface area contributed by atoms with Gasteiger partial charge in [-0.15, -0.1) is 0 Å². The van der Waals surface area contributed by atoms with E-state index in [0.717, 1.165) is 11.2 Å². The molecule has 0 aliphatic rings. The Balaban J connectivity index is 1.93. The first-order valence-electron chi connectivity index (χ1n) is 6.66. The van der Waals surface area contributed by atoms with Gasteiger partial charge in [0.1, 0.15) is 0 Å². The highest BCUT2D eigenvalue weighted by Crippen LogP contribution is 2.19. The van der Waals surface area contributed by atoms with Crippen LogP contribution in [0, 0.1) is 0 Å². The number of aromatic nitrogens is 1. The number of rotatable bonds is 3. The fourth-order valence-corrected chi connectivity index (χ4v) is 2.21. The predicted molar refractivity (Wildman–Crippen MR) is 86.7 cm³/mol. The number of hydrogen-bond acceptors (Lipinski definition) is 2. The van der Waals surface area contributed by atoms with E-state index in [2.05, 4.69) is 52.8 Å². The van der Waals surface area contributed by atoms with Crippen molar-refractivity contribution in [3.63, 3.8) is 0 Å². The lowest BCUT2D eigenvalue weighted by atomic mass is 10.1. The van der Waals surface area contributed by atoms with Crippen molar-refractivity contribution in [1.82, 2.24) is 4.98 Å². The zero-order chi connectivity index (χ0) is 13.8. The maximum atomic E-state index is 4.38. The minimum absolute atomic E-state index is 1.03. The summed E-state index contributed by atoms with van der Waals surface area (Å²) in [5.74, 6) is 0. The third-order valence-electron chi connectivity index (χ3n) is 3.34. The van der Waals surface area contributed by atoms with E-state index in [0.29, 0.717) is 0 Å². The van der Waals surface area contributed by atoms with Crippen molar-refractivity contribution < 1.29 is 0 Å². The van der Waals surface area contributed by atoms with E-state index in [4.69, 9.17) is 0 Å². The van der Waals surface area contributed by atoms with Gasteiger partial charge in [-0.1, -0.05) is 42.5 Å². The highest BCUT2D eigenvalue weighted by molar-refractivity contribution is 5.90. The van der Waals surface area contributed by atoms with Crippen LogP contribution in [0.5, 0.6) is 0 Å². The van der Waals surface area contributed by atoms with Gasteiger partial charge in [-0.2, -0.15) is 0 Å². The molecule has 0 unspecified atom stereocenters. The summed E-state index contributed by atoms with van der Waals surface area (Å²) in [6.45, 7) is 0. The van der Waals surface area contributed by atoms with Gasteiger partial charge in [0.15, 0.2) is 0 Å². The Morgan fingerprint density at radius 3 is 2.50 bits per heavy atom. The van der Waals surface area contributed by atoms with Gasteiger partial charge in [-0.05, 0) is 35.4 Å². The second kappa shape index (κ2) is 5.57. The summed E-state index contributed by atoms with van der Waals surface area (Å²) in [6.07, 6.45) is 6.12. The van der Waals surface area contributed by atoms with Gasteiger partial charge in [0.2, 0.25) is 0 Å². The molecule has 0 atom stereocenters. The van der Waals surface area contributed by atoms with E-state index in [1.165, 1.54) is 16.5 Å². The fourth-order valence-electron chi connectivity index (χ4n) is 2.21. The second-order valence-corrected chi connectivity index (χ2v) is 4.62. The SMILES string of the molecule is CNc1ccc(/C=C/c2ccnc3ccccc23)cc1. The summed E-state index contributed by atoms with van der Waals surface area (Å²) in [5.41, 5.74) is 4.52. The quantitative estimate of drug-likeness (QED) is 0.752. The molecular weight excluding hydrogens is 244 g/mol. The van der Waals surface area contributed by atoms with Crippen LogP contribution >= 0.6 is 0 Å². The Kier molecular flexibility index (Phi) is 3.46. The van der Waals surface area contributed by atoms with Crippen LogP contribution < -0.4 is 5.32 Å². The summed E-state index contributed by atoms with van der Waals surface area (Å²) in [7, 11) is 1.92. The monoisotopic (exact) mass is 260 g/mol. The molecule has 0 radical (unpaired) electrons. The van der Waals surface area contributed by atoms with Crippen molar-refractivity contribution >= 4 is 28.7 Å². The molecule has 3 aromatic rings. The largest absolute Gasteiger partial charge is 0.388 e. The van der Waals surface area contributed by atoms with E-state index in [9.17, 15) is 0 Å². The summed E-state index contributed by atoms with van der Waals surface area (Å²) < 4.78 is 0. The number of nitrogens with one attached hydrogen (secondary N) is 1. The van der Waals surface area contributed by atoms with Gasteiger partial charge in [-0.3, -0.25) is 4.98 Å². The molecule has 98 valence electrons. The molecule has 0 saturated heterocycles. The molecule has 1 N–H and O–H groups in total. The van der Waals surface area contributed by atoms with Crippen LogP contribution in [0.2, 0.25) is 0 Å².